The molecule has 0 aromatic heterocycles. The number of hydrogen-bond donors (Lipinski definition) is 1. The zero-order chi connectivity index (χ0) is 12.1. The predicted octanol–water partition coefficient (Wildman–Crippen LogP) is 2.74. The van der Waals surface area contributed by atoms with Gasteiger partial charge in [-0.3, -0.25) is 0 Å². The van der Waals surface area contributed by atoms with E-state index >= 15 is 0 Å². The molecule has 2 atom stereocenters. The summed E-state index contributed by atoms with van der Waals surface area (Å²) < 4.78 is 0.853. The molecule has 1 aromatic carbocycles. The van der Waals surface area contributed by atoms with Crippen molar-refractivity contribution in [3.63, 3.8) is 0 Å². The second kappa shape index (κ2) is 6.42. The van der Waals surface area contributed by atoms with Gasteiger partial charge in [-0.05, 0) is 21.5 Å². The molecule has 2 rings (SSSR count). The lowest BCUT2D eigenvalue weighted by Crippen LogP contribution is -2.36. The molecule has 1 aliphatic heterocycles. The van der Waals surface area contributed by atoms with E-state index in [1.165, 1.54) is 5.56 Å². The Labute approximate surface area is 114 Å². The van der Waals surface area contributed by atoms with Crippen LogP contribution in [0.15, 0.2) is 35.5 Å². The molecule has 0 unspecified atom stereocenters. The van der Waals surface area contributed by atoms with Crippen LogP contribution in [-0.2, 0) is 10.6 Å². The van der Waals surface area contributed by atoms with Crippen molar-refractivity contribution in [2.75, 3.05) is 5.75 Å². The average Bonchev–Trinajstić information content (AvgIpc) is 2.77. The van der Waals surface area contributed by atoms with E-state index in [9.17, 15) is 0 Å². The molecule has 1 aromatic rings. The smallest absolute Gasteiger partial charge is 0.149 e. The van der Waals surface area contributed by atoms with Gasteiger partial charge in [0, 0.05) is 17.9 Å². The van der Waals surface area contributed by atoms with Gasteiger partial charge in [-0.1, -0.05) is 35.5 Å². The van der Waals surface area contributed by atoms with Gasteiger partial charge in [0.1, 0.15) is 10.7 Å². The second-order valence-corrected chi connectivity index (χ2v) is 5.93. The van der Waals surface area contributed by atoms with Crippen molar-refractivity contribution in [3.05, 3.63) is 35.9 Å². The van der Waals surface area contributed by atoms with Crippen molar-refractivity contribution >= 4 is 32.3 Å². The normalized spacial score (nSPS) is 20.8. The number of nitrogens with two attached hydrogens (primary N) is 1. The van der Waals surface area contributed by atoms with Crippen LogP contribution in [0.25, 0.3) is 0 Å². The summed E-state index contributed by atoms with van der Waals surface area (Å²) in [6.07, 6.45) is 0.806. The summed E-state index contributed by atoms with van der Waals surface area (Å²) in [4.78, 5) is 5.23. The molecule has 5 heteroatoms. The maximum Gasteiger partial charge on any atom is 0.149 e. The molecule has 0 saturated carbocycles. The highest BCUT2D eigenvalue weighted by Crippen LogP contribution is 2.20. The fourth-order valence-electron chi connectivity index (χ4n) is 1.59. The van der Waals surface area contributed by atoms with Gasteiger partial charge in [-0.2, -0.15) is 11.8 Å². The Bertz CT molecular complexity index is 385. The molecule has 0 spiro atoms. The van der Waals surface area contributed by atoms with Crippen molar-refractivity contribution in [2.45, 2.75) is 24.3 Å². The van der Waals surface area contributed by atoms with E-state index in [-0.39, 0.29) is 12.1 Å². The highest BCUT2D eigenvalue weighted by atomic mass is 79.9. The Morgan fingerprint density at radius 2 is 2.24 bits per heavy atom. The van der Waals surface area contributed by atoms with Crippen LogP contribution >= 0.6 is 27.7 Å². The molecule has 3 nitrogen and oxygen atoms in total. The van der Waals surface area contributed by atoms with Gasteiger partial charge in [0.2, 0.25) is 0 Å². The predicted molar refractivity (Wildman–Crippen MR) is 76.4 cm³/mol. The summed E-state index contributed by atoms with van der Waals surface area (Å²) in [5.41, 5.74) is 7.39. The molecule has 0 aliphatic carbocycles. The summed E-state index contributed by atoms with van der Waals surface area (Å²) in [7, 11) is 0. The molecule has 1 aliphatic rings. The lowest BCUT2D eigenvalue weighted by atomic mass is 10.1. The van der Waals surface area contributed by atoms with E-state index < -0.39 is 0 Å². The fourth-order valence-corrected chi connectivity index (χ4v) is 3.02. The van der Waals surface area contributed by atoms with E-state index in [1.54, 1.807) is 0 Å². The van der Waals surface area contributed by atoms with Gasteiger partial charge in [-0.15, -0.1) is 0 Å². The summed E-state index contributed by atoms with van der Waals surface area (Å²) in [6, 6.07) is 10.4. The Morgan fingerprint density at radius 3 is 2.88 bits per heavy atom. The third kappa shape index (κ3) is 4.01. The summed E-state index contributed by atoms with van der Waals surface area (Å²) >= 11 is 5.15. The van der Waals surface area contributed by atoms with Gasteiger partial charge in [0.15, 0.2) is 0 Å². The Morgan fingerprint density at radius 1 is 1.47 bits per heavy atom. The van der Waals surface area contributed by atoms with Crippen LogP contribution in [0.1, 0.15) is 12.0 Å². The molecule has 0 fully saturated rings. The van der Waals surface area contributed by atoms with Gasteiger partial charge in [0.05, 0.1) is 6.04 Å². The standard InChI is InChI=1S/C12H15BrN2OS/c13-12-6-11(16-15-12)10(14)8-17-7-9-4-2-1-3-5-9/h1-5,10-11H,6-8,14H2/t10-,11+/m1/s1. The van der Waals surface area contributed by atoms with E-state index in [2.05, 4.69) is 45.4 Å². The number of benzene rings is 1. The zero-order valence-corrected chi connectivity index (χ0v) is 11.8. The van der Waals surface area contributed by atoms with Crippen molar-refractivity contribution in [3.8, 4) is 0 Å². The summed E-state index contributed by atoms with van der Waals surface area (Å²) in [5, 5.41) is 3.85. The van der Waals surface area contributed by atoms with Crippen LogP contribution in [0.2, 0.25) is 0 Å². The van der Waals surface area contributed by atoms with Crippen LogP contribution in [0.4, 0.5) is 0 Å². The first-order chi connectivity index (χ1) is 8.25. The minimum atomic E-state index is 0.0210. The van der Waals surface area contributed by atoms with Crippen molar-refractivity contribution in [1.29, 1.82) is 0 Å². The van der Waals surface area contributed by atoms with E-state index in [0.717, 1.165) is 22.5 Å². The molecule has 92 valence electrons. The lowest BCUT2D eigenvalue weighted by Gasteiger charge is -2.16. The number of hydrogen-bond acceptors (Lipinski definition) is 4. The van der Waals surface area contributed by atoms with E-state index in [4.69, 9.17) is 10.6 Å². The Kier molecular flexibility index (Phi) is 4.88. The number of oxime groups is 1. The molecule has 0 radical (unpaired) electrons. The molecule has 0 amide bonds. The Balaban J connectivity index is 1.69. The molecule has 2 N–H and O–H groups in total. The average molecular weight is 315 g/mol. The molecule has 0 bridgehead atoms. The van der Waals surface area contributed by atoms with Gasteiger partial charge < -0.3 is 10.6 Å². The highest BCUT2D eigenvalue weighted by molar-refractivity contribution is 9.18. The molecular weight excluding hydrogens is 300 g/mol. The SMILES string of the molecule is N[C@H](CSCc1ccccc1)[C@@H]1CC(Br)=NO1. The number of thioether (sulfide) groups is 1. The first-order valence-corrected chi connectivity index (χ1v) is 7.46. The maximum atomic E-state index is 6.07. The van der Waals surface area contributed by atoms with Crippen molar-refractivity contribution in [2.24, 2.45) is 10.9 Å². The van der Waals surface area contributed by atoms with E-state index in [0.29, 0.717) is 0 Å². The van der Waals surface area contributed by atoms with Crippen LogP contribution < -0.4 is 5.73 Å². The number of halogens is 1. The maximum absolute atomic E-state index is 6.07. The Hall–Kier alpha value is -0.520. The third-order valence-electron chi connectivity index (χ3n) is 2.56. The molecular formula is C12H15BrN2OS. The number of rotatable bonds is 5. The third-order valence-corrected chi connectivity index (χ3v) is 4.18. The largest absolute Gasteiger partial charge is 0.390 e. The second-order valence-electron chi connectivity index (χ2n) is 3.98. The van der Waals surface area contributed by atoms with E-state index in [1.807, 2.05) is 17.8 Å². The summed E-state index contributed by atoms with van der Waals surface area (Å²) in [5.74, 6) is 1.87. The molecule has 17 heavy (non-hydrogen) atoms. The van der Waals surface area contributed by atoms with Crippen molar-refractivity contribution < 1.29 is 4.84 Å². The topological polar surface area (TPSA) is 47.6 Å². The minimum absolute atomic E-state index is 0.0210. The first-order valence-electron chi connectivity index (χ1n) is 5.51. The quantitative estimate of drug-likeness (QED) is 0.909. The number of nitrogens with zero attached hydrogens (tertiary/aromatic N) is 1. The van der Waals surface area contributed by atoms with Gasteiger partial charge in [-0.25, -0.2) is 0 Å². The van der Waals surface area contributed by atoms with Crippen LogP contribution in [0.5, 0.6) is 0 Å². The molecule has 0 saturated heterocycles. The minimum Gasteiger partial charge on any atom is -0.390 e. The van der Waals surface area contributed by atoms with Gasteiger partial charge in [0.25, 0.3) is 0 Å². The van der Waals surface area contributed by atoms with Crippen LogP contribution in [0, 0.1) is 0 Å². The fraction of sp³-hybridized carbons (Fsp3) is 0.417. The molecule has 1 heterocycles. The van der Waals surface area contributed by atoms with Crippen molar-refractivity contribution in [1.82, 2.24) is 0 Å². The first kappa shape index (κ1) is 12.9. The van der Waals surface area contributed by atoms with Gasteiger partial charge >= 0.3 is 0 Å². The highest BCUT2D eigenvalue weighted by Gasteiger charge is 2.25. The zero-order valence-electron chi connectivity index (χ0n) is 9.38. The monoisotopic (exact) mass is 314 g/mol. The van der Waals surface area contributed by atoms with Crippen LogP contribution in [-0.4, -0.2) is 22.5 Å². The van der Waals surface area contributed by atoms with Crippen LogP contribution in [0.3, 0.4) is 0 Å². The summed E-state index contributed by atoms with van der Waals surface area (Å²) in [6.45, 7) is 0. The lowest BCUT2D eigenvalue weighted by molar-refractivity contribution is 0.0714.